The Hall–Kier alpha value is -2.43. The molecule has 2 rings (SSSR count). The van der Waals surface area contributed by atoms with Crippen LogP contribution in [0.3, 0.4) is 0 Å². The first kappa shape index (κ1) is 19.9. The number of nitrogens with zero attached hydrogens (tertiary/aromatic N) is 3. The van der Waals surface area contributed by atoms with Gasteiger partial charge in [0.15, 0.2) is 0 Å². The molecule has 0 radical (unpaired) electrons. The number of carbonyl (C=O) groups excluding carboxylic acids is 1. The largest absolute Gasteiger partial charge is 0.534 e. The molecular formula is C15H16F3N3O4S. The molecule has 11 heteroatoms. The lowest BCUT2D eigenvalue weighted by Gasteiger charge is -2.20. The van der Waals surface area contributed by atoms with Gasteiger partial charge in [0.1, 0.15) is 0 Å². The quantitative estimate of drug-likeness (QED) is 0.556. The minimum Gasteiger partial charge on any atom is -0.354 e. The highest BCUT2D eigenvalue weighted by molar-refractivity contribution is 7.87. The van der Waals surface area contributed by atoms with Gasteiger partial charge in [0.2, 0.25) is 0 Å². The fourth-order valence-electron chi connectivity index (χ4n) is 2.18. The van der Waals surface area contributed by atoms with Gasteiger partial charge < -0.3 is 9.08 Å². The van der Waals surface area contributed by atoms with Crippen LogP contribution in [-0.2, 0) is 10.1 Å². The summed E-state index contributed by atoms with van der Waals surface area (Å²) in [7, 11) is -5.85. The van der Waals surface area contributed by atoms with E-state index < -0.39 is 21.5 Å². The molecule has 0 bridgehead atoms. The molecule has 0 saturated heterocycles. The summed E-state index contributed by atoms with van der Waals surface area (Å²) in [4.78, 5) is 21.6. The van der Waals surface area contributed by atoms with Crippen molar-refractivity contribution >= 4 is 27.1 Å². The van der Waals surface area contributed by atoms with Crippen molar-refractivity contribution in [2.45, 2.75) is 25.8 Å². The van der Waals surface area contributed by atoms with E-state index in [1.807, 2.05) is 13.8 Å². The van der Waals surface area contributed by atoms with Crippen molar-refractivity contribution < 1.29 is 30.6 Å². The van der Waals surface area contributed by atoms with E-state index in [-0.39, 0.29) is 22.5 Å². The molecule has 0 unspecified atom stereocenters. The monoisotopic (exact) mass is 391 g/mol. The number of aromatic nitrogens is 2. The van der Waals surface area contributed by atoms with Gasteiger partial charge in [-0.2, -0.15) is 21.6 Å². The SMILES string of the molecule is CCCN(CC)C(=O)c1ccc2ncc(OS(=O)(=O)C(F)(F)F)nc2c1. The van der Waals surface area contributed by atoms with Crippen LogP contribution in [-0.4, -0.2) is 47.8 Å². The minimum absolute atomic E-state index is 0.0401. The summed E-state index contributed by atoms with van der Waals surface area (Å²) in [5.41, 5.74) is -5.00. The predicted octanol–water partition coefficient (Wildman–Crippen LogP) is 2.73. The van der Waals surface area contributed by atoms with Gasteiger partial charge in [0, 0.05) is 18.7 Å². The Labute approximate surface area is 147 Å². The summed E-state index contributed by atoms with van der Waals surface area (Å²) in [6, 6.07) is 4.32. The molecule has 0 fully saturated rings. The number of halogens is 3. The lowest BCUT2D eigenvalue weighted by atomic mass is 10.1. The van der Waals surface area contributed by atoms with Crippen LogP contribution in [0.5, 0.6) is 5.88 Å². The molecule has 0 saturated carbocycles. The van der Waals surface area contributed by atoms with Gasteiger partial charge in [0.25, 0.3) is 11.8 Å². The summed E-state index contributed by atoms with van der Waals surface area (Å²) in [6.45, 7) is 4.78. The van der Waals surface area contributed by atoms with Crippen LogP contribution in [0, 0.1) is 0 Å². The van der Waals surface area contributed by atoms with Crippen LogP contribution < -0.4 is 4.18 Å². The first-order chi connectivity index (χ1) is 12.1. The van der Waals surface area contributed by atoms with E-state index in [1.165, 1.54) is 18.2 Å². The topological polar surface area (TPSA) is 89.5 Å². The fourth-order valence-corrected chi connectivity index (χ4v) is 2.58. The van der Waals surface area contributed by atoms with Crippen molar-refractivity contribution in [1.29, 1.82) is 0 Å². The van der Waals surface area contributed by atoms with E-state index in [2.05, 4.69) is 14.2 Å². The Kier molecular flexibility index (Phi) is 5.69. The van der Waals surface area contributed by atoms with Gasteiger partial charge in [-0.25, -0.2) is 9.97 Å². The lowest BCUT2D eigenvalue weighted by molar-refractivity contribution is -0.0501. The maximum atomic E-state index is 12.5. The van der Waals surface area contributed by atoms with E-state index in [4.69, 9.17) is 0 Å². The Balaban J connectivity index is 2.38. The average Bonchev–Trinajstić information content (AvgIpc) is 2.57. The average molecular weight is 391 g/mol. The highest BCUT2D eigenvalue weighted by Crippen LogP contribution is 2.26. The highest BCUT2D eigenvalue weighted by atomic mass is 32.2. The summed E-state index contributed by atoms with van der Waals surface area (Å²) in [5, 5.41) is 0. The summed E-state index contributed by atoms with van der Waals surface area (Å²) >= 11 is 0. The highest BCUT2D eigenvalue weighted by Gasteiger charge is 2.48. The van der Waals surface area contributed by atoms with E-state index in [0.29, 0.717) is 13.1 Å². The fraction of sp³-hybridized carbons (Fsp3) is 0.400. The van der Waals surface area contributed by atoms with Crippen molar-refractivity contribution in [3.05, 3.63) is 30.0 Å². The third-order valence-electron chi connectivity index (χ3n) is 3.41. The molecular weight excluding hydrogens is 375 g/mol. The summed E-state index contributed by atoms with van der Waals surface area (Å²) in [6.07, 6.45) is 1.53. The van der Waals surface area contributed by atoms with Crippen molar-refractivity contribution in [1.82, 2.24) is 14.9 Å². The molecule has 0 N–H and O–H groups in total. The first-order valence-corrected chi connectivity index (χ1v) is 9.06. The molecule has 0 aliphatic heterocycles. The molecule has 26 heavy (non-hydrogen) atoms. The second-order valence-corrected chi connectivity index (χ2v) is 6.82. The van der Waals surface area contributed by atoms with Gasteiger partial charge in [-0.3, -0.25) is 4.79 Å². The Morgan fingerprint density at radius 3 is 2.50 bits per heavy atom. The number of hydrogen-bond donors (Lipinski definition) is 0. The number of carbonyl (C=O) groups is 1. The molecule has 1 aromatic heterocycles. The molecule has 1 amide bonds. The number of rotatable bonds is 6. The van der Waals surface area contributed by atoms with E-state index in [1.54, 1.807) is 4.90 Å². The van der Waals surface area contributed by atoms with E-state index in [9.17, 15) is 26.4 Å². The molecule has 0 aliphatic rings. The molecule has 1 aromatic carbocycles. The van der Waals surface area contributed by atoms with Gasteiger partial charge in [-0.1, -0.05) is 6.92 Å². The zero-order chi connectivity index (χ0) is 19.5. The van der Waals surface area contributed by atoms with Crippen LogP contribution >= 0.6 is 0 Å². The number of alkyl halides is 3. The Bertz CT molecular complexity index is 916. The van der Waals surface area contributed by atoms with Crippen molar-refractivity contribution in [3.8, 4) is 5.88 Å². The molecule has 0 aliphatic carbocycles. The molecule has 7 nitrogen and oxygen atoms in total. The van der Waals surface area contributed by atoms with Crippen LogP contribution in [0.25, 0.3) is 11.0 Å². The maximum absolute atomic E-state index is 12.5. The van der Waals surface area contributed by atoms with Crippen molar-refractivity contribution in [3.63, 3.8) is 0 Å². The van der Waals surface area contributed by atoms with Crippen LogP contribution in [0.1, 0.15) is 30.6 Å². The Morgan fingerprint density at radius 1 is 1.23 bits per heavy atom. The molecule has 0 spiro atoms. The standard InChI is InChI=1S/C15H16F3N3O4S/c1-3-7-21(4-2)14(22)10-5-6-11-12(8-10)20-13(9-19-11)25-26(23,24)15(16,17)18/h5-6,8-9H,3-4,7H2,1-2H3. The summed E-state index contributed by atoms with van der Waals surface area (Å²) in [5.74, 6) is -1.10. The second-order valence-electron chi connectivity index (χ2n) is 5.28. The van der Waals surface area contributed by atoms with Gasteiger partial charge in [0.05, 0.1) is 17.2 Å². The number of benzene rings is 1. The summed E-state index contributed by atoms with van der Waals surface area (Å²) < 4.78 is 63.3. The first-order valence-electron chi connectivity index (χ1n) is 7.66. The Morgan fingerprint density at radius 2 is 1.92 bits per heavy atom. The second kappa shape index (κ2) is 7.44. The molecule has 0 atom stereocenters. The van der Waals surface area contributed by atoms with Crippen LogP contribution in [0.4, 0.5) is 13.2 Å². The van der Waals surface area contributed by atoms with Gasteiger partial charge >= 0.3 is 15.6 Å². The normalized spacial score (nSPS) is 12.2. The third-order valence-corrected chi connectivity index (χ3v) is 4.37. The number of fused-ring (bicyclic) bond motifs is 1. The lowest BCUT2D eigenvalue weighted by Crippen LogP contribution is -2.31. The van der Waals surface area contributed by atoms with Crippen LogP contribution in [0.15, 0.2) is 24.4 Å². The van der Waals surface area contributed by atoms with E-state index in [0.717, 1.165) is 12.6 Å². The zero-order valence-corrected chi connectivity index (χ0v) is 14.8. The molecule has 1 heterocycles. The van der Waals surface area contributed by atoms with Crippen LogP contribution in [0.2, 0.25) is 0 Å². The van der Waals surface area contributed by atoms with Gasteiger partial charge in [-0.05, 0) is 31.5 Å². The zero-order valence-electron chi connectivity index (χ0n) is 13.9. The van der Waals surface area contributed by atoms with Crippen molar-refractivity contribution in [2.24, 2.45) is 0 Å². The number of hydrogen-bond acceptors (Lipinski definition) is 6. The maximum Gasteiger partial charge on any atom is 0.534 e. The molecule has 2 aromatic rings. The van der Waals surface area contributed by atoms with E-state index >= 15 is 0 Å². The minimum atomic E-state index is -5.85. The van der Waals surface area contributed by atoms with Gasteiger partial charge in [-0.15, -0.1) is 0 Å². The smallest absolute Gasteiger partial charge is 0.354 e. The number of amides is 1. The van der Waals surface area contributed by atoms with Crippen molar-refractivity contribution in [2.75, 3.05) is 13.1 Å². The third kappa shape index (κ3) is 4.21. The predicted molar refractivity (Wildman–Crippen MR) is 87.0 cm³/mol. The molecule has 142 valence electrons.